The van der Waals surface area contributed by atoms with E-state index < -0.39 is 33.4 Å². The number of sulfone groups is 1. The van der Waals surface area contributed by atoms with E-state index in [2.05, 4.69) is 11.9 Å². The molecule has 14 heteroatoms. The highest BCUT2D eigenvalue weighted by molar-refractivity contribution is 7.92. The molecule has 1 amide bonds. The van der Waals surface area contributed by atoms with E-state index in [1.807, 2.05) is 0 Å². The van der Waals surface area contributed by atoms with Crippen molar-refractivity contribution in [3.63, 3.8) is 0 Å². The number of Topliss-reactive ketones (excluding diaryl/α,β-unsaturated/α-hetero) is 2. The summed E-state index contributed by atoms with van der Waals surface area (Å²) in [6.45, 7) is 4.01. The van der Waals surface area contributed by atoms with Crippen molar-refractivity contribution >= 4 is 45.0 Å². The van der Waals surface area contributed by atoms with E-state index in [0.29, 0.717) is 51.4 Å². The molecule has 0 spiro atoms. The van der Waals surface area contributed by atoms with Gasteiger partial charge in [0.25, 0.3) is 0 Å². The molecule has 0 radical (unpaired) electrons. The van der Waals surface area contributed by atoms with Crippen molar-refractivity contribution in [3.05, 3.63) is 12.7 Å². The molecule has 1 atom stereocenters. The molecule has 0 rings (SSSR count). The van der Waals surface area contributed by atoms with Gasteiger partial charge in [-0.05, 0) is 44.6 Å². The van der Waals surface area contributed by atoms with Gasteiger partial charge in [0.05, 0.1) is 31.5 Å². The van der Waals surface area contributed by atoms with E-state index in [-0.39, 0.29) is 87.7 Å². The van der Waals surface area contributed by atoms with Crippen LogP contribution in [0.4, 0.5) is 0 Å². The Bertz CT molecular complexity index is 1200. The minimum Gasteiger partial charge on any atom is -0.481 e. The summed E-state index contributed by atoms with van der Waals surface area (Å²) in [6, 6.07) is 0. The Labute approximate surface area is 330 Å². The van der Waals surface area contributed by atoms with Crippen LogP contribution in [0.5, 0.6) is 0 Å². The maximum absolute atomic E-state index is 12.4. The molecule has 0 saturated heterocycles. The fraction of sp³-hybridized carbons (Fsp3) is 0.805. The summed E-state index contributed by atoms with van der Waals surface area (Å²) in [5.74, 6) is -3.93. The number of rotatable bonds is 42. The second-order valence-electron chi connectivity index (χ2n) is 14.5. The van der Waals surface area contributed by atoms with Crippen LogP contribution in [0.25, 0.3) is 0 Å². The van der Waals surface area contributed by atoms with Crippen molar-refractivity contribution in [2.24, 2.45) is 5.92 Å². The lowest BCUT2D eigenvalue weighted by Gasteiger charge is -2.12. The lowest BCUT2D eigenvalue weighted by atomic mass is 9.95. The van der Waals surface area contributed by atoms with Gasteiger partial charge in [-0.15, -0.1) is 0 Å². The normalized spacial score (nSPS) is 11.9. The van der Waals surface area contributed by atoms with Crippen LogP contribution >= 0.6 is 0 Å². The summed E-state index contributed by atoms with van der Waals surface area (Å²) in [5.41, 5.74) is 0. The first-order chi connectivity index (χ1) is 26.4. The standard InChI is InChI=1S/C41H71NO12S/c1-2-36(43)23-18-15-16-22-35(41(49)50)32-38(45)33-54-30-29-53-28-27-42-39(46)25-20-21-31-55(51,52)34-37(44)24-17-13-11-9-7-5-3-4-6-8-10-12-14-19-26-40(47)48/h2,35H,1,3-34H2,(H,42,46)(H,47,48)(H,49,50)/t35-/m1/s1. The number of aliphatic carboxylic acids is 2. The zero-order valence-electron chi connectivity index (χ0n) is 33.4. The number of allylic oxidation sites excluding steroid dienone is 1. The topological polar surface area (TPSA) is 208 Å². The number of carbonyl (C=O) groups excluding carboxylic acids is 4. The molecule has 3 N–H and O–H groups in total. The van der Waals surface area contributed by atoms with Gasteiger partial charge in [0.2, 0.25) is 5.91 Å². The van der Waals surface area contributed by atoms with Crippen LogP contribution in [0.15, 0.2) is 12.7 Å². The van der Waals surface area contributed by atoms with E-state index in [0.717, 1.165) is 38.5 Å². The van der Waals surface area contributed by atoms with Crippen LogP contribution in [-0.2, 0) is 48.1 Å². The number of hydrogen-bond acceptors (Lipinski definition) is 10. The molecular formula is C41H71NO12S. The van der Waals surface area contributed by atoms with Crippen molar-refractivity contribution in [1.29, 1.82) is 0 Å². The monoisotopic (exact) mass is 801 g/mol. The highest BCUT2D eigenvalue weighted by atomic mass is 32.2. The van der Waals surface area contributed by atoms with Gasteiger partial charge < -0.3 is 25.0 Å². The minimum absolute atomic E-state index is 0.0423. The van der Waals surface area contributed by atoms with E-state index in [9.17, 15) is 42.3 Å². The number of ether oxygens (including phenoxy) is 2. The maximum Gasteiger partial charge on any atom is 0.306 e. The van der Waals surface area contributed by atoms with Gasteiger partial charge in [0, 0.05) is 38.6 Å². The van der Waals surface area contributed by atoms with Gasteiger partial charge in [-0.1, -0.05) is 96.5 Å². The van der Waals surface area contributed by atoms with Crippen LogP contribution in [0.2, 0.25) is 0 Å². The van der Waals surface area contributed by atoms with E-state index in [4.69, 9.17) is 14.6 Å². The Hall–Kier alpha value is -2.97. The minimum atomic E-state index is -3.50. The molecule has 0 aliphatic carbocycles. The highest BCUT2D eigenvalue weighted by Gasteiger charge is 2.21. The molecule has 0 aliphatic heterocycles. The van der Waals surface area contributed by atoms with Crippen LogP contribution in [0.3, 0.4) is 0 Å². The molecule has 0 aromatic heterocycles. The van der Waals surface area contributed by atoms with Crippen LogP contribution in [0, 0.1) is 5.92 Å². The molecule has 0 aliphatic rings. The molecule has 0 aromatic rings. The number of carboxylic acid groups (broad SMARTS) is 2. The largest absolute Gasteiger partial charge is 0.481 e. The average molecular weight is 802 g/mol. The maximum atomic E-state index is 12.4. The lowest BCUT2D eigenvalue weighted by Crippen LogP contribution is -2.27. The Kier molecular flexibility index (Phi) is 33.5. The van der Waals surface area contributed by atoms with Crippen LogP contribution in [-0.4, -0.2) is 98.3 Å². The fourth-order valence-corrected chi connectivity index (χ4v) is 7.51. The van der Waals surface area contributed by atoms with Crippen molar-refractivity contribution in [2.45, 2.75) is 161 Å². The van der Waals surface area contributed by atoms with Gasteiger partial charge in [-0.3, -0.25) is 28.8 Å². The number of ketones is 3. The number of amides is 1. The Morgan fingerprint density at radius 3 is 1.67 bits per heavy atom. The number of nitrogens with one attached hydrogen (secondary N) is 1. The third kappa shape index (κ3) is 36.4. The summed E-state index contributed by atoms with van der Waals surface area (Å²) in [5, 5.41) is 20.7. The zero-order chi connectivity index (χ0) is 41.0. The third-order valence-electron chi connectivity index (χ3n) is 9.32. The van der Waals surface area contributed by atoms with Gasteiger partial charge in [0.1, 0.15) is 18.1 Å². The second-order valence-corrected chi connectivity index (χ2v) is 16.7. The summed E-state index contributed by atoms with van der Waals surface area (Å²) >= 11 is 0. The van der Waals surface area contributed by atoms with Gasteiger partial charge in [0.15, 0.2) is 21.4 Å². The predicted octanol–water partition coefficient (Wildman–Crippen LogP) is 6.98. The number of carboxylic acids is 2. The molecule has 318 valence electrons. The van der Waals surface area contributed by atoms with Crippen LogP contribution in [0.1, 0.15) is 161 Å². The van der Waals surface area contributed by atoms with Crippen LogP contribution < -0.4 is 5.32 Å². The molecule has 0 saturated carbocycles. The smallest absolute Gasteiger partial charge is 0.306 e. The summed E-state index contributed by atoms with van der Waals surface area (Å²) in [7, 11) is -3.50. The number of carbonyl (C=O) groups is 6. The molecular weight excluding hydrogens is 731 g/mol. The van der Waals surface area contributed by atoms with Crippen molar-refractivity contribution in [2.75, 3.05) is 44.5 Å². The third-order valence-corrected chi connectivity index (χ3v) is 11.0. The Balaban J connectivity index is 3.71. The van der Waals surface area contributed by atoms with Gasteiger partial charge >= 0.3 is 11.9 Å². The quantitative estimate of drug-likeness (QED) is 0.0422. The second kappa shape index (κ2) is 35.4. The van der Waals surface area contributed by atoms with E-state index in [1.165, 1.54) is 51.0 Å². The zero-order valence-corrected chi connectivity index (χ0v) is 34.2. The summed E-state index contributed by atoms with van der Waals surface area (Å²) in [4.78, 5) is 69.6. The molecule has 0 heterocycles. The number of unbranched alkanes of at least 4 members (excludes halogenated alkanes) is 16. The first-order valence-electron chi connectivity index (χ1n) is 20.6. The van der Waals surface area contributed by atoms with Gasteiger partial charge in [-0.25, -0.2) is 8.42 Å². The average Bonchev–Trinajstić information content (AvgIpc) is 3.13. The first kappa shape index (κ1) is 52.0. The molecule has 0 unspecified atom stereocenters. The molecule has 0 aromatic carbocycles. The molecule has 13 nitrogen and oxygen atoms in total. The van der Waals surface area contributed by atoms with E-state index >= 15 is 0 Å². The number of hydrogen-bond donors (Lipinski definition) is 3. The SMILES string of the molecule is C=CC(=O)CCCCC[C@H](CC(=O)COCCOCCNC(=O)CCCCS(=O)(=O)CC(=O)CCCCCCCCCCCCCCCCC(=O)O)C(=O)O. The van der Waals surface area contributed by atoms with Crippen molar-refractivity contribution < 1.29 is 56.9 Å². The molecule has 0 bridgehead atoms. The van der Waals surface area contributed by atoms with Gasteiger partial charge in [-0.2, -0.15) is 0 Å². The van der Waals surface area contributed by atoms with E-state index in [1.54, 1.807) is 0 Å². The summed E-state index contributed by atoms with van der Waals surface area (Å²) in [6.07, 6.45) is 20.4. The van der Waals surface area contributed by atoms with Crippen molar-refractivity contribution in [1.82, 2.24) is 5.32 Å². The summed E-state index contributed by atoms with van der Waals surface area (Å²) < 4.78 is 35.4. The lowest BCUT2D eigenvalue weighted by molar-refractivity contribution is -0.144. The Morgan fingerprint density at radius 1 is 0.600 bits per heavy atom. The first-order valence-corrected chi connectivity index (χ1v) is 22.4. The molecule has 55 heavy (non-hydrogen) atoms. The fourth-order valence-electron chi connectivity index (χ4n) is 6.09. The highest BCUT2D eigenvalue weighted by Crippen LogP contribution is 2.17. The molecule has 0 fully saturated rings. The Morgan fingerprint density at radius 2 is 1.11 bits per heavy atom. The predicted molar refractivity (Wildman–Crippen MR) is 213 cm³/mol. The van der Waals surface area contributed by atoms with Crippen molar-refractivity contribution in [3.8, 4) is 0 Å².